The highest BCUT2D eigenvalue weighted by molar-refractivity contribution is 6.03. The van der Waals surface area contributed by atoms with E-state index in [0.29, 0.717) is 19.8 Å². The second-order valence-corrected chi connectivity index (χ2v) is 6.84. The molecule has 5 nitrogen and oxygen atoms in total. The van der Waals surface area contributed by atoms with E-state index in [9.17, 15) is 9.59 Å². The minimum Gasteiger partial charge on any atom is -0.462 e. The number of carbonyl (C=O) groups excluding carboxylic acids is 2. The molecular weight excluding hydrogens is 356 g/mol. The first-order valence-electron chi connectivity index (χ1n) is 10.7. The fourth-order valence-corrected chi connectivity index (χ4v) is 2.91. The van der Waals surface area contributed by atoms with Gasteiger partial charge in [0.25, 0.3) is 0 Å². The van der Waals surface area contributed by atoms with Crippen LogP contribution in [0.1, 0.15) is 92.4 Å². The van der Waals surface area contributed by atoms with Crippen LogP contribution in [-0.4, -0.2) is 38.4 Å². The van der Waals surface area contributed by atoms with Crippen LogP contribution in [0.3, 0.4) is 0 Å². The molecule has 0 heterocycles. The van der Waals surface area contributed by atoms with Gasteiger partial charge >= 0.3 is 11.9 Å². The number of hydrogen-bond acceptors (Lipinski definition) is 5. The Kier molecular flexibility index (Phi) is 13.9. The molecule has 5 heteroatoms. The fraction of sp³-hybridized carbons (Fsp3) is 0.652. The molecule has 0 fully saturated rings. The van der Waals surface area contributed by atoms with E-state index in [1.165, 1.54) is 44.9 Å². The molecule has 1 rings (SSSR count). The van der Waals surface area contributed by atoms with E-state index < -0.39 is 11.9 Å². The molecule has 0 saturated heterocycles. The third-order valence-electron chi connectivity index (χ3n) is 4.51. The second kappa shape index (κ2) is 16.1. The molecule has 0 aromatic heterocycles. The SMILES string of the molecule is CCCCCCCCCCCOC(=O)c1ccccc1C(=O)OCCOCC. The molecule has 0 unspecified atom stereocenters. The molecule has 0 aliphatic rings. The molecule has 0 spiro atoms. The summed E-state index contributed by atoms with van der Waals surface area (Å²) in [6, 6.07) is 6.60. The van der Waals surface area contributed by atoms with Crippen LogP contribution in [0.4, 0.5) is 0 Å². The molecule has 0 radical (unpaired) electrons. The van der Waals surface area contributed by atoms with Gasteiger partial charge in [-0.2, -0.15) is 0 Å². The average Bonchev–Trinajstić information content (AvgIpc) is 2.72. The smallest absolute Gasteiger partial charge is 0.339 e. The number of benzene rings is 1. The molecule has 1 aromatic rings. The van der Waals surface area contributed by atoms with E-state index >= 15 is 0 Å². The summed E-state index contributed by atoms with van der Waals surface area (Å²) < 4.78 is 15.7. The number of rotatable bonds is 16. The van der Waals surface area contributed by atoms with Crippen LogP contribution >= 0.6 is 0 Å². The van der Waals surface area contributed by atoms with Gasteiger partial charge in [-0.25, -0.2) is 9.59 Å². The van der Waals surface area contributed by atoms with Gasteiger partial charge in [0, 0.05) is 6.61 Å². The topological polar surface area (TPSA) is 61.8 Å². The van der Waals surface area contributed by atoms with Crippen LogP contribution in [-0.2, 0) is 14.2 Å². The summed E-state index contributed by atoms with van der Waals surface area (Å²) in [5, 5.41) is 0. The lowest BCUT2D eigenvalue weighted by Crippen LogP contribution is -2.16. The van der Waals surface area contributed by atoms with E-state index in [2.05, 4.69) is 6.92 Å². The molecule has 0 aliphatic heterocycles. The minimum absolute atomic E-state index is 0.161. The lowest BCUT2D eigenvalue weighted by Gasteiger charge is -2.10. The van der Waals surface area contributed by atoms with Gasteiger partial charge in [-0.15, -0.1) is 0 Å². The summed E-state index contributed by atoms with van der Waals surface area (Å²) in [4.78, 5) is 24.5. The molecule has 0 amide bonds. The molecule has 158 valence electrons. The predicted octanol–water partition coefficient (Wildman–Crippen LogP) is 5.57. The maximum absolute atomic E-state index is 12.3. The van der Waals surface area contributed by atoms with Gasteiger partial charge in [-0.05, 0) is 25.5 Å². The van der Waals surface area contributed by atoms with Crippen molar-refractivity contribution in [1.82, 2.24) is 0 Å². The van der Waals surface area contributed by atoms with Crippen molar-refractivity contribution in [3.05, 3.63) is 35.4 Å². The normalized spacial score (nSPS) is 10.6. The average molecular weight is 393 g/mol. The van der Waals surface area contributed by atoms with E-state index in [-0.39, 0.29) is 17.7 Å². The first-order valence-corrected chi connectivity index (χ1v) is 10.7. The molecule has 0 saturated carbocycles. The second-order valence-electron chi connectivity index (χ2n) is 6.84. The molecule has 0 bridgehead atoms. The first kappa shape index (κ1) is 24.2. The van der Waals surface area contributed by atoms with Crippen LogP contribution in [0.5, 0.6) is 0 Å². The summed E-state index contributed by atoms with van der Waals surface area (Å²) in [6.45, 7) is 5.55. The fourth-order valence-electron chi connectivity index (χ4n) is 2.91. The van der Waals surface area contributed by atoms with Gasteiger partial charge in [0.1, 0.15) is 6.61 Å². The van der Waals surface area contributed by atoms with E-state index in [1.54, 1.807) is 24.3 Å². The largest absolute Gasteiger partial charge is 0.462 e. The van der Waals surface area contributed by atoms with Gasteiger partial charge in [-0.3, -0.25) is 0 Å². The zero-order chi connectivity index (χ0) is 20.5. The summed E-state index contributed by atoms with van der Waals surface area (Å²) in [6.07, 6.45) is 10.9. The van der Waals surface area contributed by atoms with E-state index in [0.717, 1.165) is 12.8 Å². The highest BCUT2D eigenvalue weighted by Gasteiger charge is 2.18. The third kappa shape index (κ3) is 10.5. The van der Waals surface area contributed by atoms with Crippen molar-refractivity contribution >= 4 is 11.9 Å². The molecule has 28 heavy (non-hydrogen) atoms. The van der Waals surface area contributed by atoms with Crippen molar-refractivity contribution in [3.8, 4) is 0 Å². The molecule has 0 N–H and O–H groups in total. The highest BCUT2D eigenvalue weighted by Crippen LogP contribution is 2.13. The standard InChI is InChI=1S/C23H36O5/c1-3-5-6-7-8-9-10-11-14-17-27-22(24)20-15-12-13-16-21(20)23(25)28-19-18-26-4-2/h12-13,15-16H,3-11,14,17-19H2,1-2H3. The maximum Gasteiger partial charge on any atom is 0.339 e. The molecule has 1 aromatic carbocycles. The Balaban J connectivity index is 2.28. The molecule has 0 atom stereocenters. The Hall–Kier alpha value is -1.88. The zero-order valence-corrected chi connectivity index (χ0v) is 17.5. The van der Waals surface area contributed by atoms with Gasteiger partial charge in [-0.1, -0.05) is 70.4 Å². The number of ether oxygens (including phenoxy) is 3. The van der Waals surface area contributed by atoms with Crippen molar-refractivity contribution in [2.24, 2.45) is 0 Å². The van der Waals surface area contributed by atoms with Gasteiger partial charge < -0.3 is 14.2 Å². The van der Waals surface area contributed by atoms with Crippen LogP contribution in [0.25, 0.3) is 0 Å². The Morgan fingerprint density at radius 1 is 0.679 bits per heavy atom. The number of hydrogen-bond donors (Lipinski definition) is 0. The van der Waals surface area contributed by atoms with Crippen LogP contribution < -0.4 is 0 Å². The lowest BCUT2D eigenvalue weighted by atomic mass is 10.1. The maximum atomic E-state index is 12.3. The Labute approximate surface area is 169 Å². The van der Waals surface area contributed by atoms with Crippen LogP contribution in [0.15, 0.2) is 24.3 Å². The van der Waals surface area contributed by atoms with Gasteiger partial charge in [0.15, 0.2) is 0 Å². The quantitative estimate of drug-likeness (QED) is 0.272. The number of unbranched alkanes of at least 4 members (excludes halogenated alkanes) is 8. The Morgan fingerprint density at radius 3 is 1.71 bits per heavy atom. The molecule has 0 aliphatic carbocycles. The first-order chi connectivity index (χ1) is 13.7. The monoisotopic (exact) mass is 392 g/mol. The predicted molar refractivity (Wildman–Crippen MR) is 111 cm³/mol. The lowest BCUT2D eigenvalue weighted by molar-refractivity contribution is 0.0325. The summed E-state index contributed by atoms with van der Waals surface area (Å²) in [5.74, 6) is -1.01. The van der Waals surface area contributed by atoms with Crippen molar-refractivity contribution in [3.63, 3.8) is 0 Å². The van der Waals surface area contributed by atoms with Crippen molar-refractivity contribution in [2.45, 2.75) is 71.6 Å². The van der Waals surface area contributed by atoms with E-state index in [4.69, 9.17) is 14.2 Å². The van der Waals surface area contributed by atoms with Crippen molar-refractivity contribution in [2.75, 3.05) is 26.4 Å². The summed E-state index contributed by atoms with van der Waals surface area (Å²) >= 11 is 0. The van der Waals surface area contributed by atoms with Crippen molar-refractivity contribution in [1.29, 1.82) is 0 Å². The van der Waals surface area contributed by atoms with Crippen LogP contribution in [0, 0.1) is 0 Å². The number of carbonyl (C=O) groups is 2. The third-order valence-corrected chi connectivity index (χ3v) is 4.51. The van der Waals surface area contributed by atoms with Gasteiger partial charge in [0.05, 0.1) is 24.3 Å². The summed E-state index contributed by atoms with van der Waals surface area (Å²) in [7, 11) is 0. The van der Waals surface area contributed by atoms with Gasteiger partial charge in [0.2, 0.25) is 0 Å². The van der Waals surface area contributed by atoms with E-state index in [1.807, 2.05) is 6.92 Å². The van der Waals surface area contributed by atoms with Crippen LogP contribution in [0.2, 0.25) is 0 Å². The summed E-state index contributed by atoms with van der Waals surface area (Å²) in [5.41, 5.74) is 0.482. The minimum atomic E-state index is -0.532. The van der Waals surface area contributed by atoms with Crippen molar-refractivity contribution < 1.29 is 23.8 Å². The Morgan fingerprint density at radius 2 is 1.18 bits per heavy atom. The zero-order valence-electron chi connectivity index (χ0n) is 17.5. The number of esters is 2. The molecular formula is C23H36O5. The highest BCUT2D eigenvalue weighted by atomic mass is 16.6. The Bertz CT molecular complexity index is 556.